The summed E-state index contributed by atoms with van der Waals surface area (Å²) in [7, 11) is 1.35. The van der Waals surface area contributed by atoms with Gasteiger partial charge in [-0.15, -0.1) is 0 Å². The maximum Gasteiger partial charge on any atom is 0.305 e. The molecule has 0 amide bonds. The molecule has 0 aromatic heterocycles. The van der Waals surface area contributed by atoms with E-state index in [1.165, 1.54) is 7.11 Å². The minimum atomic E-state index is -0.249. The molecule has 0 saturated heterocycles. The molecule has 0 rings (SSSR count). The van der Waals surface area contributed by atoms with E-state index in [0.717, 1.165) is 6.42 Å². The van der Waals surface area contributed by atoms with Crippen LogP contribution in [0.4, 0.5) is 0 Å². The molecule has 1 N–H and O–H groups in total. The number of carbonyl (C=O) groups is 1. The van der Waals surface area contributed by atoms with Gasteiger partial charge >= 0.3 is 5.97 Å². The lowest BCUT2D eigenvalue weighted by Gasteiger charge is -2.08. The second-order valence-corrected chi connectivity index (χ2v) is 2.24. The molecule has 0 spiro atoms. The zero-order chi connectivity index (χ0) is 7.98. The van der Waals surface area contributed by atoms with E-state index in [4.69, 9.17) is 5.11 Å². The molecule has 3 heteroatoms. The second-order valence-electron chi connectivity index (χ2n) is 2.24. The van der Waals surface area contributed by atoms with Crippen molar-refractivity contribution in [2.24, 2.45) is 5.92 Å². The van der Waals surface area contributed by atoms with Crippen LogP contribution in [0.25, 0.3) is 0 Å². The molecule has 0 aliphatic heterocycles. The molecule has 0 fully saturated rings. The van der Waals surface area contributed by atoms with Gasteiger partial charge in [0.25, 0.3) is 0 Å². The average Bonchev–Trinajstić information content (AvgIpc) is 1.99. The number of hydrogen-bond donors (Lipinski definition) is 1. The van der Waals surface area contributed by atoms with Crippen LogP contribution < -0.4 is 0 Å². The highest BCUT2D eigenvalue weighted by Gasteiger charge is 2.10. The first-order chi connectivity index (χ1) is 4.74. The van der Waals surface area contributed by atoms with Crippen LogP contribution in [-0.2, 0) is 9.53 Å². The van der Waals surface area contributed by atoms with E-state index < -0.39 is 0 Å². The summed E-state index contributed by atoms with van der Waals surface area (Å²) in [6.07, 6.45) is 1.13. The van der Waals surface area contributed by atoms with E-state index >= 15 is 0 Å². The number of methoxy groups -OCH3 is 1. The van der Waals surface area contributed by atoms with Crippen LogP contribution in [-0.4, -0.2) is 24.8 Å². The minimum Gasteiger partial charge on any atom is -0.469 e. The molecule has 10 heavy (non-hydrogen) atoms. The first-order valence-corrected chi connectivity index (χ1v) is 3.42. The van der Waals surface area contributed by atoms with Crippen molar-refractivity contribution in [3.8, 4) is 0 Å². The summed E-state index contributed by atoms with van der Waals surface area (Å²) in [4.78, 5) is 10.6. The lowest BCUT2D eigenvalue weighted by atomic mass is 10.0. The van der Waals surface area contributed by atoms with Crippen molar-refractivity contribution in [1.29, 1.82) is 0 Å². The summed E-state index contributed by atoms with van der Waals surface area (Å²) in [5.74, 6) is -0.187. The fourth-order valence-corrected chi connectivity index (χ4v) is 0.657. The molecule has 1 unspecified atom stereocenters. The Hall–Kier alpha value is -0.570. The molecular formula is C7H14O3. The lowest BCUT2D eigenvalue weighted by molar-refractivity contribution is -0.142. The maximum atomic E-state index is 10.6. The summed E-state index contributed by atoms with van der Waals surface area (Å²) < 4.78 is 4.43. The van der Waals surface area contributed by atoms with Crippen LogP contribution in [0.2, 0.25) is 0 Å². The molecule has 0 aromatic carbocycles. The molecule has 60 valence electrons. The van der Waals surface area contributed by atoms with Gasteiger partial charge in [-0.25, -0.2) is 0 Å². The highest BCUT2D eigenvalue weighted by Crippen LogP contribution is 2.06. The molecule has 0 radical (unpaired) electrons. The predicted molar refractivity (Wildman–Crippen MR) is 37.5 cm³/mol. The number of esters is 1. The van der Waals surface area contributed by atoms with Gasteiger partial charge in [-0.1, -0.05) is 13.3 Å². The molecule has 0 saturated carbocycles. The monoisotopic (exact) mass is 146 g/mol. The number of rotatable bonds is 4. The van der Waals surface area contributed by atoms with E-state index in [1.54, 1.807) is 0 Å². The summed E-state index contributed by atoms with van der Waals surface area (Å²) in [6, 6.07) is 0. The van der Waals surface area contributed by atoms with Gasteiger partial charge < -0.3 is 9.84 Å². The van der Waals surface area contributed by atoms with Gasteiger partial charge in [-0.3, -0.25) is 4.79 Å². The van der Waals surface area contributed by atoms with E-state index in [2.05, 4.69) is 4.74 Å². The van der Waals surface area contributed by atoms with Crippen LogP contribution >= 0.6 is 0 Å². The molecule has 0 bridgehead atoms. The van der Waals surface area contributed by atoms with Crippen molar-refractivity contribution >= 4 is 5.97 Å². The lowest BCUT2D eigenvalue weighted by Crippen LogP contribution is -2.12. The van der Waals surface area contributed by atoms with Gasteiger partial charge in [0.1, 0.15) is 0 Å². The van der Waals surface area contributed by atoms with E-state index in [0.29, 0.717) is 6.42 Å². The standard InChI is InChI=1S/C7H14O3/c1-3-6(5-8)4-7(9)10-2/h6,8H,3-5H2,1-2H3. The van der Waals surface area contributed by atoms with Crippen molar-refractivity contribution in [3.05, 3.63) is 0 Å². The molecule has 0 aromatic rings. The average molecular weight is 146 g/mol. The third kappa shape index (κ3) is 3.45. The Kier molecular flexibility index (Phi) is 4.94. The Labute approximate surface area is 61.0 Å². The zero-order valence-electron chi connectivity index (χ0n) is 6.46. The fourth-order valence-electron chi connectivity index (χ4n) is 0.657. The van der Waals surface area contributed by atoms with Gasteiger partial charge in [-0.05, 0) is 5.92 Å². The molecule has 0 aliphatic rings. The molecule has 1 atom stereocenters. The number of carbonyl (C=O) groups excluding carboxylic acids is 1. The van der Waals surface area contributed by atoms with Crippen LogP contribution in [0.3, 0.4) is 0 Å². The van der Waals surface area contributed by atoms with E-state index in [1.807, 2.05) is 6.92 Å². The molecule has 0 aliphatic carbocycles. The van der Waals surface area contributed by atoms with Gasteiger partial charge in [0.2, 0.25) is 0 Å². The molecule has 0 heterocycles. The van der Waals surface area contributed by atoms with Crippen molar-refractivity contribution in [1.82, 2.24) is 0 Å². The Morgan fingerprint density at radius 3 is 2.60 bits per heavy atom. The molecular weight excluding hydrogens is 132 g/mol. The smallest absolute Gasteiger partial charge is 0.305 e. The van der Waals surface area contributed by atoms with Gasteiger partial charge in [0, 0.05) is 6.61 Å². The predicted octanol–water partition coefficient (Wildman–Crippen LogP) is 0.568. The van der Waals surface area contributed by atoms with Gasteiger partial charge in [0.05, 0.1) is 13.5 Å². The quantitative estimate of drug-likeness (QED) is 0.590. The molecule has 3 nitrogen and oxygen atoms in total. The summed E-state index contributed by atoms with van der Waals surface area (Å²) >= 11 is 0. The first-order valence-electron chi connectivity index (χ1n) is 3.42. The fraction of sp³-hybridized carbons (Fsp3) is 0.857. The maximum absolute atomic E-state index is 10.6. The second kappa shape index (κ2) is 5.23. The van der Waals surface area contributed by atoms with Crippen LogP contribution in [0.5, 0.6) is 0 Å². The highest BCUT2D eigenvalue weighted by atomic mass is 16.5. The van der Waals surface area contributed by atoms with Crippen molar-refractivity contribution in [3.63, 3.8) is 0 Å². The third-order valence-electron chi connectivity index (χ3n) is 1.52. The Bertz CT molecular complexity index is 97.0. The summed E-state index contributed by atoms with van der Waals surface area (Å²) in [6.45, 7) is 2.00. The van der Waals surface area contributed by atoms with Crippen LogP contribution in [0.1, 0.15) is 19.8 Å². The third-order valence-corrected chi connectivity index (χ3v) is 1.52. The number of ether oxygens (including phenoxy) is 1. The minimum absolute atomic E-state index is 0.0611. The van der Waals surface area contributed by atoms with Crippen molar-refractivity contribution in [2.75, 3.05) is 13.7 Å². The number of aliphatic hydroxyl groups is 1. The summed E-state index contributed by atoms with van der Waals surface area (Å²) in [5, 5.41) is 8.66. The number of hydrogen-bond acceptors (Lipinski definition) is 3. The Balaban J connectivity index is 3.52. The van der Waals surface area contributed by atoms with Crippen molar-refractivity contribution in [2.45, 2.75) is 19.8 Å². The zero-order valence-corrected chi connectivity index (χ0v) is 6.46. The first kappa shape index (κ1) is 9.43. The van der Waals surface area contributed by atoms with E-state index in [9.17, 15) is 4.79 Å². The van der Waals surface area contributed by atoms with E-state index in [-0.39, 0.29) is 18.5 Å². The Morgan fingerprint density at radius 2 is 2.30 bits per heavy atom. The van der Waals surface area contributed by atoms with Crippen LogP contribution in [0.15, 0.2) is 0 Å². The van der Waals surface area contributed by atoms with Gasteiger partial charge in [0.15, 0.2) is 0 Å². The van der Waals surface area contributed by atoms with Crippen molar-refractivity contribution < 1.29 is 14.6 Å². The van der Waals surface area contributed by atoms with Crippen LogP contribution in [0, 0.1) is 5.92 Å². The topological polar surface area (TPSA) is 46.5 Å². The largest absolute Gasteiger partial charge is 0.469 e. The normalized spacial score (nSPS) is 12.7. The Morgan fingerprint density at radius 1 is 1.70 bits per heavy atom. The van der Waals surface area contributed by atoms with Gasteiger partial charge in [-0.2, -0.15) is 0 Å². The highest BCUT2D eigenvalue weighted by molar-refractivity contribution is 5.69. The SMILES string of the molecule is CCC(CO)CC(=O)OC. The summed E-state index contributed by atoms with van der Waals surface area (Å²) in [5.41, 5.74) is 0. The number of aliphatic hydroxyl groups excluding tert-OH is 1.